The van der Waals surface area contributed by atoms with Gasteiger partial charge in [-0.15, -0.1) is 0 Å². The quantitative estimate of drug-likeness (QED) is 0.265. The van der Waals surface area contributed by atoms with Crippen LogP contribution in [0.25, 0.3) is 27.8 Å². The first-order valence-corrected chi connectivity index (χ1v) is 9.81. The third-order valence-electron chi connectivity index (χ3n) is 4.62. The molecule has 0 fully saturated rings. The molecule has 0 amide bonds. The highest BCUT2D eigenvalue weighted by molar-refractivity contribution is 5.89. The van der Waals surface area contributed by atoms with E-state index in [4.69, 9.17) is 9.47 Å². The molecule has 4 nitrogen and oxygen atoms in total. The summed E-state index contributed by atoms with van der Waals surface area (Å²) in [6, 6.07) is 21.0. The van der Waals surface area contributed by atoms with Gasteiger partial charge in [-0.1, -0.05) is 43.0 Å². The SMILES string of the molecule is C=C(C)C(=O)Oc1ccc(-c2cc(C(=C)C)cc(-c3ccc(OC(C)=O)cc3)c2)cc1. The zero-order valence-corrected chi connectivity index (χ0v) is 17.9. The van der Waals surface area contributed by atoms with E-state index in [-0.39, 0.29) is 5.97 Å². The summed E-state index contributed by atoms with van der Waals surface area (Å²) in [5.74, 6) is 0.176. The average molecular weight is 412 g/mol. The Morgan fingerprint density at radius 2 is 1.10 bits per heavy atom. The number of hydrogen-bond donors (Lipinski definition) is 0. The normalized spacial score (nSPS) is 10.3. The first-order chi connectivity index (χ1) is 14.7. The second-order valence-electron chi connectivity index (χ2n) is 7.39. The number of allylic oxidation sites excluding steroid dienone is 1. The Kier molecular flexibility index (Phi) is 6.51. The highest BCUT2D eigenvalue weighted by Gasteiger charge is 2.09. The monoisotopic (exact) mass is 412 g/mol. The zero-order valence-electron chi connectivity index (χ0n) is 17.9. The van der Waals surface area contributed by atoms with Crippen LogP contribution in [0.15, 0.2) is 85.5 Å². The van der Waals surface area contributed by atoms with E-state index in [9.17, 15) is 9.59 Å². The molecule has 31 heavy (non-hydrogen) atoms. The molecule has 0 aliphatic rings. The van der Waals surface area contributed by atoms with Crippen molar-refractivity contribution in [1.82, 2.24) is 0 Å². The van der Waals surface area contributed by atoms with E-state index in [2.05, 4.69) is 31.4 Å². The molecule has 0 atom stereocenters. The fraction of sp³-hybridized carbons (Fsp3) is 0.111. The van der Waals surface area contributed by atoms with Crippen molar-refractivity contribution in [3.8, 4) is 33.8 Å². The molecule has 0 spiro atoms. The number of benzene rings is 3. The number of hydrogen-bond acceptors (Lipinski definition) is 4. The topological polar surface area (TPSA) is 52.6 Å². The third-order valence-corrected chi connectivity index (χ3v) is 4.62. The van der Waals surface area contributed by atoms with Gasteiger partial charge in [-0.25, -0.2) is 4.79 Å². The fourth-order valence-electron chi connectivity index (χ4n) is 3.00. The molecule has 0 bridgehead atoms. The lowest BCUT2D eigenvalue weighted by atomic mass is 9.94. The van der Waals surface area contributed by atoms with E-state index in [0.717, 1.165) is 33.4 Å². The summed E-state index contributed by atoms with van der Waals surface area (Å²) in [6.45, 7) is 12.6. The molecule has 0 aromatic heterocycles. The van der Waals surface area contributed by atoms with Crippen LogP contribution in [0.1, 0.15) is 26.3 Å². The lowest BCUT2D eigenvalue weighted by Crippen LogP contribution is -2.07. The standard InChI is InChI=1S/C27H24O4/c1-17(2)22-14-23(20-6-10-25(11-7-20)30-19(5)28)16-24(15-22)21-8-12-26(13-9-21)31-27(29)18(3)4/h6-16H,1,3H2,2,4-5H3. The molecule has 0 heterocycles. The molecular weight excluding hydrogens is 388 g/mol. The van der Waals surface area contributed by atoms with Crippen molar-refractivity contribution in [2.24, 2.45) is 0 Å². The first-order valence-electron chi connectivity index (χ1n) is 9.81. The number of rotatable bonds is 6. The highest BCUT2D eigenvalue weighted by Crippen LogP contribution is 2.32. The van der Waals surface area contributed by atoms with Crippen LogP contribution in [-0.2, 0) is 9.59 Å². The minimum absolute atomic E-state index is 0.350. The smallest absolute Gasteiger partial charge is 0.338 e. The predicted molar refractivity (Wildman–Crippen MR) is 124 cm³/mol. The van der Waals surface area contributed by atoms with Crippen molar-refractivity contribution < 1.29 is 19.1 Å². The predicted octanol–water partition coefficient (Wildman–Crippen LogP) is 6.46. The van der Waals surface area contributed by atoms with E-state index in [0.29, 0.717) is 17.1 Å². The van der Waals surface area contributed by atoms with E-state index in [1.54, 1.807) is 31.2 Å². The lowest BCUT2D eigenvalue weighted by Gasteiger charge is -2.12. The van der Waals surface area contributed by atoms with Crippen LogP contribution >= 0.6 is 0 Å². The second kappa shape index (κ2) is 9.26. The summed E-state index contributed by atoms with van der Waals surface area (Å²) in [4.78, 5) is 22.9. The van der Waals surface area contributed by atoms with Gasteiger partial charge < -0.3 is 9.47 Å². The molecule has 0 saturated carbocycles. The van der Waals surface area contributed by atoms with Crippen molar-refractivity contribution in [2.75, 3.05) is 0 Å². The zero-order chi connectivity index (χ0) is 22.5. The summed E-state index contributed by atoms with van der Waals surface area (Å²) in [5.41, 5.74) is 6.33. The van der Waals surface area contributed by atoms with Gasteiger partial charge in [0, 0.05) is 12.5 Å². The van der Waals surface area contributed by atoms with Crippen molar-refractivity contribution in [1.29, 1.82) is 0 Å². The molecule has 0 aliphatic carbocycles. The number of carbonyl (C=O) groups is 2. The van der Waals surface area contributed by atoms with Crippen LogP contribution in [0.3, 0.4) is 0 Å². The van der Waals surface area contributed by atoms with Gasteiger partial charge in [0.2, 0.25) is 0 Å². The maximum Gasteiger partial charge on any atom is 0.338 e. The molecule has 156 valence electrons. The van der Waals surface area contributed by atoms with E-state index in [1.807, 2.05) is 31.2 Å². The molecule has 0 saturated heterocycles. The third kappa shape index (κ3) is 5.58. The van der Waals surface area contributed by atoms with Gasteiger partial charge >= 0.3 is 11.9 Å². The van der Waals surface area contributed by atoms with Crippen molar-refractivity contribution >= 4 is 17.5 Å². The molecule has 3 aromatic carbocycles. The molecule has 0 aliphatic heterocycles. The molecule has 3 rings (SSSR count). The Morgan fingerprint density at radius 3 is 1.48 bits per heavy atom. The van der Waals surface area contributed by atoms with Gasteiger partial charge in [-0.2, -0.15) is 0 Å². The van der Waals surface area contributed by atoms with Crippen LogP contribution in [0.5, 0.6) is 11.5 Å². The first kappa shape index (κ1) is 21.8. The van der Waals surface area contributed by atoms with Gasteiger partial charge in [0.1, 0.15) is 11.5 Å². The molecule has 0 unspecified atom stereocenters. The maximum atomic E-state index is 11.7. The number of ether oxygens (including phenoxy) is 2. The summed E-state index contributed by atoms with van der Waals surface area (Å²) in [6.07, 6.45) is 0. The molecule has 3 aromatic rings. The summed E-state index contributed by atoms with van der Waals surface area (Å²) in [7, 11) is 0. The van der Waals surface area contributed by atoms with Gasteiger partial charge in [-0.05, 0) is 84.1 Å². The van der Waals surface area contributed by atoms with Crippen molar-refractivity contribution in [3.63, 3.8) is 0 Å². The van der Waals surface area contributed by atoms with E-state index >= 15 is 0 Å². The van der Waals surface area contributed by atoms with Crippen LogP contribution in [0.4, 0.5) is 0 Å². The molecule has 4 heteroatoms. The summed E-state index contributed by atoms with van der Waals surface area (Å²) in [5, 5.41) is 0. The van der Waals surface area contributed by atoms with Gasteiger partial charge in [0.05, 0.1) is 0 Å². The minimum Gasteiger partial charge on any atom is -0.427 e. The van der Waals surface area contributed by atoms with Crippen molar-refractivity contribution in [3.05, 3.63) is 91.0 Å². The maximum absolute atomic E-state index is 11.7. The number of carbonyl (C=O) groups excluding carboxylic acids is 2. The van der Waals surface area contributed by atoms with Crippen molar-refractivity contribution in [2.45, 2.75) is 20.8 Å². The van der Waals surface area contributed by atoms with Gasteiger partial charge in [0.25, 0.3) is 0 Å². The largest absolute Gasteiger partial charge is 0.427 e. The Hall–Kier alpha value is -3.92. The highest BCUT2D eigenvalue weighted by atomic mass is 16.5. The van der Waals surface area contributed by atoms with Crippen LogP contribution in [-0.4, -0.2) is 11.9 Å². The Balaban J connectivity index is 1.95. The van der Waals surface area contributed by atoms with Gasteiger partial charge in [0.15, 0.2) is 0 Å². The average Bonchev–Trinajstić information content (AvgIpc) is 2.74. The molecular formula is C27H24O4. The minimum atomic E-state index is -0.448. The summed E-state index contributed by atoms with van der Waals surface area (Å²) >= 11 is 0. The van der Waals surface area contributed by atoms with E-state index in [1.165, 1.54) is 6.92 Å². The fourth-order valence-corrected chi connectivity index (χ4v) is 3.00. The number of esters is 2. The Morgan fingerprint density at radius 1 is 0.645 bits per heavy atom. The van der Waals surface area contributed by atoms with Crippen LogP contribution in [0, 0.1) is 0 Å². The Bertz CT molecular complexity index is 1150. The summed E-state index contributed by atoms with van der Waals surface area (Å²) < 4.78 is 10.4. The van der Waals surface area contributed by atoms with Crippen LogP contribution in [0.2, 0.25) is 0 Å². The van der Waals surface area contributed by atoms with Gasteiger partial charge in [-0.3, -0.25) is 4.79 Å². The van der Waals surface area contributed by atoms with E-state index < -0.39 is 5.97 Å². The second-order valence-corrected chi connectivity index (χ2v) is 7.39. The molecule has 0 radical (unpaired) electrons. The van der Waals surface area contributed by atoms with Crippen LogP contribution < -0.4 is 9.47 Å². The Labute approximate surface area is 182 Å². The molecule has 0 N–H and O–H groups in total. The lowest BCUT2D eigenvalue weighted by molar-refractivity contribution is -0.132.